The van der Waals surface area contributed by atoms with E-state index in [2.05, 4.69) is 49.9 Å². The highest BCUT2D eigenvalue weighted by Gasteiger charge is 2.21. The second kappa shape index (κ2) is 6.22. The standard InChI is InChI=1S/C15H22BrN3O2/c1-5-19-12-7-6-10(16)8-11(12)18-13(19)9-17-14(20)21-15(2,3)4/h6-7,10H,5,8-9H2,1-4H3,(H,17,20). The fourth-order valence-corrected chi connectivity index (χ4v) is 2.77. The Morgan fingerprint density at radius 2 is 2.29 bits per heavy atom. The zero-order chi connectivity index (χ0) is 15.6. The van der Waals surface area contributed by atoms with Crippen LogP contribution >= 0.6 is 15.9 Å². The maximum absolute atomic E-state index is 11.7. The first-order valence-electron chi connectivity index (χ1n) is 7.17. The first-order valence-corrected chi connectivity index (χ1v) is 8.09. The molecule has 116 valence electrons. The number of hydrogen-bond acceptors (Lipinski definition) is 3. The van der Waals surface area contributed by atoms with E-state index in [-0.39, 0.29) is 0 Å². The van der Waals surface area contributed by atoms with Crippen molar-refractivity contribution in [1.29, 1.82) is 0 Å². The van der Waals surface area contributed by atoms with Crippen molar-refractivity contribution in [3.8, 4) is 0 Å². The largest absolute Gasteiger partial charge is 0.444 e. The van der Waals surface area contributed by atoms with Crippen molar-refractivity contribution in [2.24, 2.45) is 0 Å². The number of alkyl carbamates (subject to hydrolysis) is 1. The summed E-state index contributed by atoms with van der Waals surface area (Å²) in [5.41, 5.74) is 1.71. The Morgan fingerprint density at radius 1 is 1.57 bits per heavy atom. The fourth-order valence-electron chi connectivity index (χ4n) is 2.31. The van der Waals surface area contributed by atoms with Gasteiger partial charge in [-0.25, -0.2) is 9.78 Å². The molecule has 0 aromatic carbocycles. The van der Waals surface area contributed by atoms with Crippen LogP contribution in [-0.4, -0.2) is 26.1 Å². The van der Waals surface area contributed by atoms with Gasteiger partial charge in [-0.3, -0.25) is 0 Å². The van der Waals surface area contributed by atoms with Crippen molar-refractivity contribution in [3.05, 3.63) is 23.3 Å². The molecule has 5 nitrogen and oxygen atoms in total. The molecule has 1 aliphatic rings. The molecule has 1 atom stereocenters. The molecule has 21 heavy (non-hydrogen) atoms. The summed E-state index contributed by atoms with van der Waals surface area (Å²) in [5.74, 6) is 0.861. The SMILES string of the molecule is CCn1c(CNC(=O)OC(C)(C)C)nc2c1C=CC(Br)C2. The predicted molar refractivity (Wildman–Crippen MR) is 86.4 cm³/mol. The van der Waals surface area contributed by atoms with E-state index in [1.54, 1.807) is 0 Å². The highest BCUT2D eigenvalue weighted by Crippen LogP contribution is 2.24. The van der Waals surface area contributed by atoms with Crippen LogP contribution in [0.15, 0.2) is 6.08 Å². The molecule has 0 bridgehead atoms. The first kappa shape index (κ1) is 16.1. The number of halogens is 1. The molecule has 0 saturated carbocycles. The number of amides is 1. The number of alkyl halides is 1. The van der Waals surface area contributed by atoms with Gasteiger partial charge in [-0.15, -0.1) is 0 Å². The van der Waals surface area contributed by atoms with Crippen LogP contribution in [0.5, 0.6) is 0 Å². The molecule has 0 aliphatic heterocycles. The van der Waals surface area contributed by atoms with E-state index in [9.17, 15) is 4.79 Å². The number of aromatic nitrogens is 2. The summed E-state index contributed by atoms with van der Waals surface area (Å²) >= 11 is 3.58. The minimum Gasteiger partial charge on any atom is -0.444 e. The van der Waals surface area contributed by atoms with Crippen molar-refractivity contribution >= 4 is 28.1 Å². The van der Waals surface area contributed by atoms with Gasteiger partial charge < -0.3 is 14.6 Å². The van der Waals surface area contributed by atoms with Gasteiger partial charge in [0.15, 0.2) is 0 Å². The van der Waals surface area contributed by atoms with Crippen LogP contribution in [0.2, 0.25) is 0 Å². The van der Waals surface area contributed by atoms with E-state index >= 15 is 0 Å². The molecule has 0 spiro atoms. The van der Waals surface area contributed by atoms with E-state index in [0.29, 0.717) is 11.4 Å². The van der Waals surface area contributed by atoms with Gasteiger partial charge >= 0.3 is 6.09 Å². The molecule has 2 rings (SSSR count). The molecule has 1 heterocycles. The lowest BCUT2D eigenvalue weighted by Gasteiger charge is -2.19. The number of allylic oxidation sites excluding steroid dienone is 1. The minimum atomic E-state index is -0.491. The van der Waals surface area contributed by atoms with E-state index in [4.69, 9.17) is 4.74 Å². The van der Waals surface area contributed by atoms with Crippen LogP contribution in [0.25, 0.3) is 6.08 Å². The predicted octanol–water partition coefficient (Wildman–Crippen LogP) is 3.26. The summed E-state index contributed by atoms with van der Waals surface area (Å²) in [6.45, 7) is 8.81. The lowest BCUT2D eigenvalue weighted by molar-refractivity contribution is 0.0521. The molecule has 1 amide bonds. The molecule has 6 heteroatoms. The summed E-state index contributed by atoms with van der Waals surface area (Å²) in [7, 11) is 0. The van der Waals surface area contributed by atoms with Crippen LogP contribution in [0.1, 0.15) is 44.9 Å². The molecule has 1 aromatic rings. The quantitative estimate of drug-likeness (QED) is 0.846. The molecule has 0 saturated heterocycles. The summed E-state index contributed by atoms with van der Waals surface area (Å²) in [6, 6.07) is 0. The molecule has 0 fully saturated rings. The maximum atomic E-state index is 11.7. The normalized spacial score (nSPS) is 17.5. The fraction of sp³-hybridized carbons (Fsp3) is 0.600. The second-order valence-electron chi connectivity index (χ2n) is 6.04. The zero-order valence-electron chi connectivity index (χ0n) is 12.9. The number of ether oxygens (including phenoxy) is 1. The summed E-state index contributed by atoms with van der Waals surface area (Å²) in [6.07, 6.45) is 4.67. The third-order valence-corrected chi connectivity index (χ3v) is 3.75. The van der Waals surface area contributed by atoms with Crippen LogP contribution in [0.3, 0.4) is 0 Å². The van der Waals surface area contributed by atoms with Crippen molar-refractivity contribution in [2.75, 3.05) is 0 Å². The molecule has 1 N–H and O–H groups in total. The molecular formula is C15H22BrN3O2. The van der Waals surface area contributed by atoms with Gasteiger partial charge in [-0.05, 0) is 33.8 Å². The Bertz CT molecular complexity index is 558. The average Bonchev–Trinajstić information content (AvgIpc) is 2.70. The van der Waals surface area contributed by atoms with Crippen LogP contribution in [0.4, 0.5) is 4.79 Å². The summed E-state index contributed by atoms with van der Waals surface area (Å²) in [4.78, 5) is 16.7. The zero-order valence-corrected chi connectivity index (χ0v) is 14.5. The maximum Gasteiger partial charge on any atom is 0.408 e. The third kappa shape index (κ3) is 4.09. The number of carbonyl (C=O) groups is 1. The number of rotatable bonds is 3. The van der Waals surface area contributed by atoms with Crippen molar-refractivity contribution in [1.82, 2.24) is 14.9 Å². The van der Waals surface area contributed by atoms with Gasteiger partial charge in [0.05, 0.1) is 17.9 Å². The second-order valence-corrected chi connectivity index (χ2v) is 7.22. The lowest BCUT2D eigenvalue weighted by atomic mass is 10.1. The number of fused-ring (bicyclic) bond motifs is 1. The first-order chi connectivity index (χ1) is 9.80. The average molecular weight is 356 g/mol. The summed E-state index contributed by atoms with van der Waals surface area (Å²) in [5, 5.41) is 2.77. The Labute approximate surface area is 133 Å². The summed E-state index contributed by atoms with van der Waals surface area (Å²) < 4.78 is 7.37. The van der Waals surface area contributed by atoms with Crippen LogP contribution in [0, 0.1) is 0 Å². The molecule has 1 aliphatic carbocycles. The monoisotopic (exact) mass is 355 g/mol. The van der Waals surface area contributed by atoms with Crippen molar-refractivity contribution in [3.63, 3.8) is 0 Å². The number of hydrogen-bond donors (Lipinski definition) is 1. The van der Waals surface area contributed by atoms with Gasteiger partial charge in [-0.1, -0.05) is 22.0 Å². The van der Waals surface area contributed by atoms with E-state index in [0.717, 1.165) is 30.2 Å². The highest BCUT2D eigenvalue weighted by atomic mass is 79.9. The van der Waals surface area contributed by atoms with E-state index < -0.39 is 11.7 Å². The van der Waals surface area contributed by atoms with Gasteiger partial charge in [0.2, 0.25) is 0 Å². The Balaban J connectivity index is 2.08. The third-order valence-electron chi connectivity index (χ3n) is 3.12. The number of nitrogens with zero attached hydrogens (tertiary/aromatic N) is 2. The molecule has 0 radical (unpaired) electrons. The topological polar surface area (TPSA) is 56.2 Å². The smallest absolute Gasteiger partial charge is 0.408 e. The van der Waals surface area contributed by atoms with Gasteiger partial charge in [-0.2, -0.15) is 0 Å². The minimum absolute atomic E-state index is 0.330. The van der Waals surface area contributed by atoms with Crippen LogP contribution < -0.4 is 5.32 Å². The van der Waals surface area contributed by atoms with E-state index in [1.165, 1.54) is 0 Å². The van der Waals surface area contributed by atoms with E-state index in [1.807, 2.05) is 20.8 Å². The number of nitrogens with one attached hydrogen (secondary N) is 1. The van der Waals surface area contributed by atoms with Gasteiger partial charge in [0.1, 0.15) is 11.4 Å². The molecule has 1 aromatic heterocycles. The Kier molecular flexibility index (Phi) is 4.76. The van der Waals surface area contributed by atoms with Crippen molar-refractivity contribution in [2.45, 2.75) is 57.6 Å². The Hall–Kier alpha value is -1.30. The molecule has 1 unspecified atom stereocenters. The van der Waals surface area contributed by atoms with Crippen molar-refractivity contribution < 1.29 is 9.53 Å². The number of carbonyl (C=O) groups excluding carboxylic acids is 1. The van der Waals surface area contributed by atoms with Gasteiger partial charge in [0, 0.05) is 17.8 Å². The lowest BCUT2D eigenvalue weighted by Crippen LogP contribution is -2.32. The molecular weight excluding hydrogens is 334 g/mol. The highest BCUT2D eigenvalue weighted by molar-refractivity contribution is 9.09. The van der Waals surface area contributed by atoms with Gasteiger partial charge in [0.25, 0.3) is 0 Å². The van der Waals surface area contributed by atoms with Crippen LogP contribution in [-0.2, 0) is 24.2 Å². The Morgan fingerprint density at radius 3 is 2.90 bits per heavy atom. The number of imidazole rings is 1.